The van der Waals surface area contributed by atoms with Crippen molar-refractivity contribution >= 4 is 60.0 Å². The van der Waals surface area contributed by atoms with Crippen LogP contribution >= 0.6 is 15.8 Å². The third-order valence-electron chi connectivity index (χ3n) is 9.10. The molecule has 0 N–H and O–H groups in total. The first kappa shape index (κ1) is 36.5. The van der Waals surface area contributed by atoms with E-state index in [-0.39, 0.29) is 22.7 Å². The molecule has 5 aromatic carbocycles. The van der Waals surface area contributed by atoms with Crippen LogP contribution in [-0.2, 0) is 17.1 Å². The SMILES string of the molecule is Cc1cc(C)cc(P(c2cc(C)cc(C)c2)[C@H](C)C2=C=CC=C2P(c2cccc3c2=C[CH][CH-]C=3)c2cccc3ccccc23)c1.[C]1=C=C=C=[C-]1.[Fe+2]. The van der Waals surface area contributed by atoms with Gasteiger partial charge in [0.05, 0.1) is 0 Å². The van der Waals surface area contributed by atoms with Gasteiger partial charge in [-0.05, 0) is 93.0 Å². The molecule has 0 spiro atoms. The summed E-state index contributed by atoms with van der Waals surface area (Å²) in [6, 6.07) is 36.9. The van der Waals surface area contributed by atoms with E-state index in [1.165, 1.54) is 75.6 Å². The number of allylic oxidation sites excluding steroid dienone is 5. The zero-order chi connectivity index (χ0) is 34.6. The fourth-order valence-electron chi connectivity index (χ4n) is 7.16. The molecule has 0 heterocycles. The summed E-state index contributed by atoms with van der Waals surface area (Å²) in [5.74, 6) is 0. The van der Waals surface area contributed by atoms with Crippen LogP contribution in [0.15, 0.2) is 143 Å². The molecule has 0 saturated carbocycles. The van der Waals surface area contributed by atoms with E-state index in [9.17, 15) is 0 Å². The molecule has 0 saturated heterocycles. The van der Waals surface area contributed by atoms with Crippen molar-refractivity contribution < 1.29 is 17.1 Å². The first-order chi connectivity index (χ1) is 24.4. The summed E-state index contributed by atoms with van der Waals surface area (Å²) < 4.78 is 0. The summed E-state index contributed by atoms with van der Waals surface area (Å²) in [4.78, 5) is 0. The topological polar surface area (TPSA) is 0 Å². The van der Waals surface area contributed by atoms with Crippen LogP contribution in [0.2, 0.25) is 0 Å². The van der Waals surface area contributed by atoms with E-state index >= 15 is 0 Å². The van der Waals surface area contributed by atoms with Crippen LogP contribution in [0.4, 0.5) is 0 Å². The minimum absolute atomic E-state index is 0. The molecule has 3 aliphatic carbocycles. The van der Waals surface area contributed by atoms with Crippen LogP contribution in [0.5, 0.6) is 0 Å². The maximum absolute atomic E-state index is 3.83. The molecule has 2 radical (unpaired) electrons. The van der Waals surface area contributed by atoms with Gasteiger partial charge in [-0.15, -0.1) is 30.0 Å². The molecule has 8 rings (SSSR count). The fourth-order valence-corrected chi connectivity index (χ4v) is 13.2. The van der Waals surface area contributed by atoms with Crippen LogP contribution in [-0.4, -0.2) is 5.66 Å². The molecule has 0 bridgehead atoms. The Morgan fingerprint density at radius 1 is 0.706 bits per heavy atom. The van der Waals surface area contributed by atoms with Crippen LogP contribution < -0.4 is 31.7 Å². The average Bonchev–Trinajstić information content (AvgIpc) is 3.85. The van der Waals surface area contributed by atoms with Crippen LogP contribution in [0.25, 0.3) is 22.9 Å². The van der Waals surface area contributed by atoms with Crippen molar-refractivity contribution in [2.24, 2.45) is 0 Å². The second-order valence-corrected chi connectivity index (χ2v) is 17.6. The normalized spacial score (nSPS) is 14.4. The predicted molar refractivity (Wildman–Crippen MR) is 218 cm³/mol. The van der Waals surface area contributed by atoms with Gasteiger partial charge in [0.15, 0.2) is 0 Å². The number of benzene rings is 5. The molecule has 0 aromatic heterocycles. The third kappa shape index (κ3) is 7.96. The van der Waals surface area contributed by atoms with Crippen molar-refractivity contribution in [1.29, 1.82) is 0 Å². The van der Waals surface area contributed by atoms with E-state index in [0.29, 0.717) is 0 Å². The van der Waals surface area contributed by atoms with Gasteiger partial charge in [0, 0.05) is 11.2 Å². The van der Waals surface area contributed by atoms with Crippen LogP contribution in [0.3, 0.4) is 0 Å². The molecule has 2 atom stereocenters. The van der Waals surface area contributed by atoms with Gasteiger partial charge < -0.3 is 0 Å². The van der Waals surface area contributed by atoms with Crippen molar-refractivity contribution in [3.05, 3.63) is 201 Å². The minimum Gasteiger partial charge on any atom is -0.288 e. The van der Waals surface area contributed by atoms with Crippen molar-refractivity contribution in [3.63, 3.8) is 0 Å². The second-order valence-electron chi connectivity index (χ2n) is 13.0. The number of fused-ring (bicyclic) bond motifs is 2. The van der Waals surface area contributed by atoms with E-state index in [0.717, 1.165) is 0 Å². The Hall–Kier alpha value is -4.31. The van der Waals surface area contributed by atoms with E-state index in [1.807, 2.05) is 0 Å². The van der Waals surface area contributed by atoms with Crippen LogP contribution in [0.1, 0.15) is 29.2 Å². The third-order valence-corrected chi connectivity index (χ3v) is 14.4. The minimum atomic E-state index is -0.870. The molecule has 248 valence electrons. The standard InChI is InChI=1S/C43H38P2.C5.Fe/c1-29-23-30(2)26-36(25-29)44(37-27-31(3)24-32(4)28-37)33(5)38-19-12-22-41(38)45(42-20-10-15-34-13-6-8-17-39(34)42)43-21-11-16-35-14-7-9-18-40(35)43;1-2-4-5-3-1;/h6-18,20-28,33H,1-5H3;;/q2*-1;+2/t33-;;/m1../s1. The van der Waals surface area contributed by atoms with Gasteiger partial charge >= 0.3 is 17.1 Å². The molecule has 0 aliphatic heterocycles. The number of hydrogen-bond acceptors (Lipinski definition) is 0. The number of aryl methyl sites for hydroxylation is 4. The molecular weight excluding hydrogens is 694 g/mol. The van der Waals surface area contributed by atoms with Crippen molar-refractivity contribution in [2.45, 2.75) is 40.3 Å². The molecule has 3 heteroatoms. The summed E-state index contributed by atoms with van der Waals surface area (Å²) in [5.41, 5.74) is 18.3. The summed E-state index contributed by atoms with van der Waals surface area (Å²) >= 11 is 0. The Labute approximate surface area is 316 Å². The molecule has 51 heavy (non-hydrogen) atoms. The zero-order valence-electron chi connectivity index (χ0n) is 29.5. The van der Waals surface area contributed by atoms with E-state index < -0.39 is 15.8 Å². The average molecular weight is 733 g/mol. The van der Waals surface area contributed by atoms with Crippen molar-refractivity contribution in [2.75, 3.05) is 0 Å². The molecule has 0 amide bonds. The maximum Gasteiger partial charge on any atom is 2.00 e. The summed E-state index contributed by atoms with van der Waals surface area (Å²) in [6.45, 7) is 11.4. The maximum atomic E-state index is 3.83. The largest absolute Gasteiger partial charge is 2.00 e. The summed E-state index contributed by atoms with van der Waals surface area (Å²) in [6.07, 6.45) is 18.4. The van der Waals surface area contributed by atoms with Crippen LogP contribution in [0, 0.1) is 52.7 Å². The molecule has 0 nitrogen and oxygen atoms in total. The van der Waals surface area contributed by atoms with Gasteiger partial charge in [0.1, 0.15) is 0 Å². The Bertz CT molecular complexity index is 2390. The molecule has 5 aromatic rings. The molecular formula is C48H38FeP2. The first-order valence-corrected chi connectivity index (χ1v) is 19.8. The second kappa shape index (κ2) is 16.4. The quantitative estimate of drug-likeness (QED) is 0.0681. The van der Waals surface area contributed by atoms with E-state index in [2.05, 4.69) is 204 Å². The van der Waals surface area contributed by atoms with Gasteiger partial charge in [0.2, 0.25) is 0 Å². The number of rotatable bonds is 7. The van der Waals surface area contributed by atoms with Gasteiger partial charge in [-0.3, -0.25) is 11.5 Å². The van der Waals surface area contributed by atoms with Gasteiger partial charge in [-0.2, -0.15) is 5.22 Å². The Balaban J connectivity index is 0.000000689. The monoisotopic (exact) mass is 732 g/mol. The fraction of sp³-hybridized carbons (Fsp3) is 0.125. The van der Waals surface area contributed by atoms with Gasteiger partial charge in [-0.25, -0.2) is 18.2 Å². The Morgan fingerprint density at radius 2 is 1.35 bits per heavy atom. The first-order valence-electron chi connectivity index (χ1n) is 17.0. The zero-order valence-corrected chi connectivity index (χ0v) is 32.4. The van der Waals surface area contributed by atoms with Gasteiger partial charge in [0.25, 0.3) is 0 Å². The Kier molecular flexibility index (Phi) is 11.7. The Morgan fingerprint density at radius 3 is 2.00 bits per heavy atom. The summed E-state index contributed by atoms with van der Waals surface area (Å²) in [7, 11) is -1.57. The predicted octanol–water partition coefficient (Wildman–Crippen LogP) is 8.62. The van der Waals surface area contributed by atoms with Gasteiger partial charge in [-0.1, -0.05) is 132 Å². The summed E-state index contributed by atoms with van der Waals surface area (Å²) in [5, 5.41) is 12.4. The molecule has 3 aliphatic rings. The van der Waals surface area contributed by atoms with Crippen molar-refractivity contribution in [3.8, 4) is 0 Å². The smallest absolute Gasteiger partial charge is 0.288 e. The molecule has 1 unspecified atom stereocenters. The van der Waals surface area contributed by atoms with E-state index in [4.69, 9.17) is 0 Å². The molecule has 0 fully saturated rings. The van der Waals surface area contributed by atoms with Crippen molar-refractivity contribution in [1.82, 2.24) is 0 Å². The number of hydrogen-bond donors (Lipinski definition) is 0. The van der Waals surface area contributed by atoms with E-state index in [1.54, 1.807) is 0 Å².